The normalized spacial score (nSPS) is 10.1. The minimum atomic E-state index is 0.190. The second-order valence-corrected chi connectivity index (χ2v) is 3.28. The molecule has 0 aliphatic rings. The van der Waals surface area contributed by atoms with Crippen LogP contribution in [0.1, 0.15) is 25.3 Å². The maximum atomic E-state index is 8.64. The first kappa shape index (κ1) is 11.1. The van der Waals surface area contributed by atoms with Crippen LogP contribution in [0.4, 0.5) is 0 Å². The largest absolute Gasteiger partial charge is 0.493 e. The van der Waals surface area contributed by atoms with Gasteiger partial charge >= 0.3 is 0 Å². The Balaban J connectivity index is 2.55. The number of benzene rings is 1. The van der Waals surface area contributed by atoms with E-state index in [4.69, 9.17) is 9.84 Å². The van der Waals surface area contributed by atoms with Crippen molar-refractivity contribution in [1.29, 1.82) is 0 Å². The number of hydrogen-bond acceptors (Lipinski definition) is 2. The van der Waals surface area contributed by atoms with E-state index in [9.17, 15) is 0 Å². The summed E-state index contributed by atoms with van der Waals surface area (Å²) in [5, 5.41) is 8.64. The van der Waals surface area contributed by atoms with Gasteiger partial charge in [-0.2, -0.15) is 0 Å². The molecule has 1 aromatic rings. The Morgan fingerprint density at radius 2 is 2.07 bits per heavy atom. The Kier molecular flexibility index (Phi) is 5.08. The number of para-hydroxylation sites is 1. The molecule has 0 atom stereocenters. The predicted octanol–water partition coefficient (Wildman–Crippen LogP) is 2.40. The first-order valence-corrected chi connectivity index (χ1v) is 5.20. The van der Waals surface area contributed by atoms with E-state index in [1.165, 1.54) is 5.56 Å². The molecule has 0 aliphatic heterocycles. The summed E-state index contributed by atoms with van der Waals surface area (Å²) in [6.07, 6.45) is 2.87. The Bertz CT molecular complexity index is 258. The molecule has 1 aromatic carbocycles. The maximum absolute atomic E-state index is 8.64. The summed E-state index contributed by atoms with van der Waals surface area (Å²) in [5.74, 6) is 0.961. The van der Waals surface area contributed by atoms with E-state index in [0.29, 0.717) is 13.0 Å². The highest BCUT2D eigenvalue weighted by molar-refractivity contribution is 5.33. The lowest BCUT2D eigenvalue weighted by Crippen LogP contribution is -2.01. The lowest BCUT2D eigenvalue weighted by atomic mass is 10.1. The van der Waals surface area contributed by atoms with Crippen LogP contribution >= 0.6 is 0 Å². The fourth-order valence-electron chi connectivity index (χ4n) is 1.37. The molecule has 0 fully saturated rings. The van der Waals surface area contributed by atoms with E-state index in [-0.39, 0.29) is 6.61 Å². The molecule has 2 nitrogen and oxygen atoms in total. The van der Waals surface area contributed by atoms with Gasteiger partial charge in [0.25, 0.3) is 0 Å². The van der Waals surface area contributed by atoms with Gasteiger partial charge in [-0.3, -0.25) is 0 Å². The highest BCUT2D eigenvalue weighted by Crippen LogP contribution is 2.19. The number of ether oxygens (including phenoxy) is 1. The number of rotatable bonds is 6. The topological polar surface area (TPSA) is 29.5 Å². The smallest absolute Gasteiger partial charge is 0.122 e. The van der Waals surface area contributed by atoms with Crippen molar-refractivity contribution in [2.75, 3.05) is 13.2 Å². The van der Waals surface area contributed by atoms with Crippen LogP contribution in [0.25, 0.3) is 0 Å². The van der Waals surface area contributed by atoms with Crippen LogP contribution < -0.4 is 4.74 Å². The fraction of sp³-hybridized carbons (Fsp3) is 0.500. The van der Waals surface area contributed by atoms with Gasteiger partial charge in [-0.1, -0.05) is 31.5 Å². The van der Waals surface area contributed by atoms with Crippen molar-refractivity contribution >= 4 is 0 Å². The average Bonchev–Trinajstić information content (AvgIpc) is 2.21. The summed E-state index contributed by atoms with van der Waals surface area (Å²) in [6.45, 7) is 2.94. The molecule has 1 rings (SSSR count). The molecule has 0 unspecified atom stereocenters. The zero-order chi connectivity index (χ0) is 10.2. The van der Waals surface area contributed by atoms with Gasteiger partial charge in [0.2, 0.25) is 0 Å². The van der Waals surface area contributed by atoms with Crippen LogP contribution in [0.3, 0.4) is 0 Å². The number of hydrogen-bond donors (Lipinski definition) is 1. The summed E-state index contributed by atoms with van der Waals surface area (Å²) in [4.78, 5) is 0. The van der Waals surface area contributed by atoms with Gasteiger partial charge in [-0.25, -0.2) is 0 Å². The van der Waals surface area contributed by atoms with Gasteiger partial charge in [0, 0.05) is 13.0 Å². The Morgan fingerprint density at radius 1 is 1.29 bits per heavy atom. The van der Waals surface area contributed by atoms with E-state index in [2.05, 4.69) is 13.0 Å². The molecular weight excluding hydrogens is 176 g/mol. The van der Waals surface area contributed by atoms with E-state index >= 15 is 0 Å². The van der Waals surface area contributed by atoms with Gasteiger partial charge < -0.3 is 9.84 Å². The second-order valence-electron chi connectivity index (χ2n) is 3.28. The molecule has 0 saturated heterocycles. The minimum absolute atomic E-state index is 0.190. The van der Waals surface area contributed by atoms with Crippen molar-refractivity contribution in [3.63, 3.8) is 0 Å². The molecule has 0 aliphatic carbocycles. The van der Waals surface area contributed by atoms with Crippen LogP contribution in [-0.4, -0.2) is 18.3 Å². The molecule has 0 amide bonds. The molecule has 0 aromatic heterocycles. The molecule has 2 heteroatoms. The minimum Gasteiger partial charge on any atom is -0.493 e. The Morgan fingerprint density at radius 3 is 2.79 bits per heavy atom. The second kappa shape index (κ2) is 6.44. The molecule has 0 spiro atoms. The molecule has 0 bridgehead atoms. The molecular formula is C12H18O2. The third-order valence-electron chi connectivity index (χ3n) is 2.05. The highest BCUT2D eigenvalue weighted by atomic mass is 16.5. The third-order valence-corrected chi connectivity index (χ3v) is 2.05. The van der Waals surface area contributed by atoms with Crippen molar-refractivity contribution in [1.82, 2.24) is 0 Å². The van der Waals surface area contributed by atoms with Crippen molar-refractivity contribution in [2.24, 2.45) is 0 Å². The van der Waals surface area contributed by atoms with Crippen LogP contribution in [0.15, 0.2) is 24.3 Å². The summed E-state index contributed by atoms with van der Waals surface area (Å²) in [5.41, 5.74) is 1.26. The van der Waals surface area contributed by atoms with Crippen LogP contribution in [0.2, 0.25) is 0 Å². The molecule has 78 valence electrons. The maximum Gasteiger partial charge on any atom is 0.122 e. The van der Waals surface area contributed by atoms with E-state index in [1.54, 1.807) is 0 Å². The van der Waals surface area contributed by atoms with E-state index in [1.807, 2.05) is 18.2 Å². The molecule has 0 saturated carbocycles. The predicted molar refractivity (Wildman–Crippen MR) is 57.6 cm³/mol. The van der Waals surface area contributed by atoms with Gasteiger partial charge in [-0.15, -0.1) is 0 Å². The van der Waals surface area contributed by atoms with Gasteiger partial charge in [-0.05, 0) is 18.1 Å². The first-order valence-electron chi connectivity index (χ1n) is 5.20. The van der Waals surface area contributed by atoms with Gasteiger partial charge in [0.05, 0.1) is 6.61 Å². The Hall–Kier alpha value is -1.02. The Labute approximate surface area is 85.5 Å². The van der Waals surface area contributed by atoms with Gasteiger partial charge in [0.15, 0.2) is 0 Å². The van der Waals surface area contributed by atoms with Crippen molar-refractivity contribution in [3.05, 3.63) is 29.8 Å². The van der Waals surface area contributed by atoms with E-state index < -0.39 is 0 Å². The third kappa shape index (κ3) is 3.38. The van der Waals surface area contributed by atoms with Crippen LogP contribution in [0.5, 0.6) is 5.75 Å². The van der Waals surface area contributed by atoms with Crippen LogP contribution in [-0.2, 0) is 6.42 Å². The van der Waals surface area contributed by atoms with Crippen LogP contribution in [0, 0.1) is 0 Å². The summed E-state index contributed by atoms with van der Waals surface area (Å²) in [7, 11) is 0. The quantitative estimate of drug-likeness (QED) is 0.705. The van der Waals surface area contributed by atoms with Crippen molar-refractivity contribution in [3.8, 4) is 5.75 Å². The van der Waals surface area contributed by atoms with Crippen molar-refractivity contribution in [2.45, 2.75) is 26.2 Å². The highest BCUT2D eigenvalue weighted by Gasteiger charge is 2.00. The first-order chi connectivity index (χ1) is 6.88. The number of aliphatic hydroxyl groups excluding tert-OH is 1. The molecule has 1 N–H and O–H groups in total. The lowest BCUT2D eigenvalue weighted by molar-refractivity contribution is 0.232. The fourth-order valence-corrected chi connectivity index (χ4v) is 1.37. The van der Waals surface area contributed by atoms with Gasteiger partial charge in [0.1, 0.15) is 5.75 Å². The number of aliphatic hydroxyl groups is 1. The molecule has 14 heavy (non-hydrogen) atoms. The van der Waals surface area contributed by atoms with Crippen molar-refractivity contribution < 1.29 is 9.84 Å². The zero-order valence-electron chi connectivity index (χ0n) is 8.70. The SMILES string of the molecule is CCCc1ccccc1OCCCO. The zero-order valence-corrected chi connectivity index (χ0v) is 8.70. The number of aryl methyl sites for hydroxylation is 1. The van der Waals surface area contributed by atoms with E-state index in [0.717, 1.165) is 18.6 Å². The monoisotopic (exact) mass is 194 g/mol. The lowest BCUT2D eigenvalue weighted by Gasteiger charge is -2.09. The standard InChI is InChI=1S/C12H18O2/c1-2-6-11-7-3-4-8-12(11)14-10-5-9-13/h3-4,7-8,13H,2,5-6,9-10H2,1H3. The average molecular weight is 194 g/mol. The summed E-state index contributed by atoms with van der Waals surface area (Å²) < 4.78 is 5.57. The summed E-state index contributed by atoms with van der Waals surface area (Å²) >= 11 is 0. The molecule has 0 heterocycles. The summed E-state index contributed by atoms with van der Waals surface area (Å²) in [6, 6.07) is 8.09. The molecule has 0 radical (unpaired) electrons.